The first kappa shape index (κ1) is 16.7. The third kappa shape index (κ3) is 3.38. The maximum atomic E-state index is 12.0. The SMILES string of the molecule is CCOC(=O)c1[nH]c2cc(OC)c(OCc3ccccc3)cc2c1N. The van der Waals surface area contributed by atoms with Gasteiger partial charge in [0, 0.05) is 11.5 Å². The normalized spacial score (nSPS) is 10.6. The second kappa shape index (κ2) is 7.17. The Labute approximate surface area is 145 Å². The molecule has 6 heteroatoms. The number of aromatic nitrogens is 1. The van der Waals surface area contributed by atoms with Crippen molar-refractivity contribution in [3.05, 3.63) is 53.7 Å². The number of fused-ring (bicyclic) bond motifs is 1. The van der Waals surface area contributed by atoms with Crippen molar-refractivity contribution in [3.8, 4) is 11.5 Å². The van der Waals surface area contributed by atoms with E-state index in [9.17, 15) is 4.79 Å². The number of rotatable bonds is 6. The Morgan fingerprint density at radius 3 is 2.60 bits per heavy atom. The first-order chi connectivity index (χ1) is 12.1. The third-order valence-corrected chi connectivity index (χ3v) is 3.84. The predicted octanol–water partition coefficient (Wildman–Crippen LogP) is 3.51. The van der Waals surface area contributed by atoms with Gasteiger partial charge in [-0.1, -0.05) is 30.3 Å². The number of carbonyl (C=O) groups excluding carboxylic acids is 1. The van der Waals surface area contributed by atoms with Gasteiger partial charge in [0.15, 0.2) is 11.5 Å². The molecule has 0 amide bonds. The van der Waals surface area contributed by atoms with Crippen LogP contribution in [0.5, 0.6) is 11.5 Å². The largest absolute Gasteiger partial charge is 0.493 e. The summed E-state index contributed by atoms with van der Waals surface area (Å²) in [5.74, 6) is 0.627. The summed E-state index contributed by atoms with van der Waals surface area (Å²) in [7, 11) is 1.56. The molecule has 0 aliphatic heterocycles. The first-order valence-electron chi connectivity index (χ1n) is 7.97. The van der Waals surface area contributed by atoms with E-state index >= 15 is 0 Å². The van der Waals surface area contributed by atoms with Crippen molar-refractivity contribution >= 4 is 22.6 Å². The Kier molecular flexibility index (Phi) is 4.79. The van der Waals surface area contributed by atoms with Gasteiger partial charge < -0.3 is 24.9 Å². The number of aromatic amines is 1. The van der Waals surface area contributed by atoms with Crippen molar-refractivity contribution < 1.29 is 19.0 Å². The molecule has 1 heterocycles. The number of nitrogens with two attached hydrogens (primary N) is 1. The zero-order chi connectivity index (χ0) is 17.8. The van der Waals surface area contributed by atoms with Crippen LogP contribution in [0.3, 0.4) is 0 Å². The molecule has 25 heavy (non-hydrogen) atoms. The van der Waals surface area contributed by atoms with Crippen LogP contribution in [0.25, 0.3) is 10.9 Å². The van der Waals surface area contributed by atoms with Crippen LogP contribution in [-0.2, 0) is 11.3 Å². The van der Waals surface area contributed by atoms with Crippen LogP contribution < -0.4 is 15.2 Å². The highest BCUT2D eigenvalue weighted by Crippen LogP contribution is 2.36. The monoisotopic (exact) mass is 340 g/mol. The number of benzene rings is 2. The highest BCUT2D eigenvalue weighted by Gasteiger charge is 2.19. The molecule has 0 fully saturated rings. The van der Waals surface area contributed by atoms with E-state index in [1.54, 1.807) is 26.2 Å². The zero-order valence-electron chi connectivity index (χ0n) is 14.2. The minimum atomic E-state index is -0.484. The maximum absolute atomic E-state index is 12.0. The second-order valence-corrected chi connectivity index (χ2v) is 5.46. The van der Waals surface area contributed by atoms with Crippen LogP contribution in [0.1, 0.15) is 23.0 Å². The number of hydrogen-bond acceptors (Lipinski definition) is 5. The summed E-state index contributed by atoms with van der Waals surface area (Å²) in [5, 5.41) is 0.687. The standard InChI is InChI=1S/C19H20N2O4/c1-3-24-19(22)18-17(20)13-9-16(15(23-2)10-14(13)21-18)25-11-12-7-5-4-6-8-12/h4-10,21H,3,11,20H2,1-2H3. The summed E-state index contributed by atoms with van der Waals surface area (Å²) in [6, 6.07) is 13.3. The maximum Gasteiger partial charge on any atom is 0.356 e. The fourth-order valence-electron chi connectivity index (χ4n) is 2.59. The summed E-state index contributed by atoms with van der Waals surface area (Å²) in [4.78, 5) is 15.0. The van der Waals surface area contributed by atoms with Gasteiger partial charge >= 0.3 is 5.97 Å². The predicted molar refractivity (Wildman–Crippen MR) is 96.0 cm³/mol. The van der Waals surface area contributed by atoms with Crippen LogP contribution in [0, 0.1) is 0 Å². The number of methoxy groups -OCH3 is 1. The molecule has 6 nitrogen and oxygen atoms in total. The molecule has 0 bridgehead atoms. The number of anilines is 1. The first-order valence-corrected chi connectivity index (χ1v) is 7.97. The van der Waals surface area contributed by atoms with Crippen molar-refractivity contribution in [1.82, 2.24) is 4.98 Å². The topological polar surface area (TPSA) is 86.6 Å². The summed E-state index contributed by atoms with van der Waals surface area (Å²) in [6.07, 6.45) is 0. The van der Waals surface area contributed by atoms with Crippen molar-refractivity contribution in [2.75, 3.05) is 19.5 Å². The van der Waals surface area contributed by atoms with E-state index in [2.05, 4.69) is 4.98 Å². The number of hydrogen-bond donors (Lipinski definition) is 2. The molecule has 0 spiro atoms. The Bertz CT molecular complexity index is 887. The third-order valence-electron chi connectivity index (χ3n) is 3.84. The average Bonchev–Trinajstić information content (AvgIpc) is 2.96. The zero-order valence-corrected chi connectivity index (χ0v) is 14.2. The number of H-pyrrole nitrogens is 1. The van der Waals surface area contributed by atoms with Crippen molar-refractivity contribution in [2.45, 2.75) is 13.5 Å². The number of carbonyl (C=O) groups is 1. The molecule has 3 rings (SSSR count). The van der Waals surface area contributed by atoms with Gasteiger partial charge in [-0.15, -0.1) is 0 Å². The molecule has 0 saturated heterocycles. The lowest BCUT2D eigenvalue weighted by Gasteiger charge is -2.11. The lowest BCUT2D eigenvalue weighted by Crippen LogP contribution is -2.07. The van der Waals surface area contributed by atoms with Crippen molar-refractivity contribution in [3.63, 3.8) is 0 Å². The average molecular weight is 340 g/mol. The van der Waals surface area contributed by atoms with Gasteiger partial charge in [0.05, 0.1) is 24.9 Å². The quantitative estimate of drug-likeness (QED) is 0.671. The molecule has 0 radical (unpaired) electrons. The molecule has 0 atom stereocenters. The number of esters is 1. The Balaban J connectivity index is 1.95. The van der Waals surface area contributed by atoms with E-state index in [4.69, 9.17) is 19.9 Å². The summed E-state index contributed by atoms with van der Waals surface area (Å²) >= 11 is 0. The van der Waals surface area contributed by atoms with Gasteiger partial charge in [-0.3, -0.25) is 0 Å². The van der Waals surface area contributed by atoms with Gasteiger partial charge in [-0.05, 0) is 18.6 Å². The summed E-state index contributed by atoms with van der Waals surface area (Å²) in [6.45, 7) is 2.43. The minimum Gasteiger partial charge on any atom is -0.493 e. The molecular formula is C19H20N2O4. The van der Waals surface area contributed by atoms with E-state index in [-0.39, 0.29) is 12.3 Å². The van der Waals surface area contributed by atoms with Crippen LogP contribution >= 0.6 is 0 Å². The highest BCUT2D eigenvalue weighted by molar-refractivity contribution is 6.06. The molecule has 3 aromatic rings. The van der Waals surface area contributed by atoms with E-state index < -0.39 is 5.97 Å². The van der Waals surface area contributed by atoms with Gasteiger partial charge in [0.25, 0.3) is 0 Å². The number of ether oxygens (including phenoxy) is 3. The van der Waals surface area contributed by atoms with E-state index in [1.165, 1.54) is 0 Å². The summed E-state index contributed by atoms with van der Waals surface area (Å²) in [5.41, 5.74) is 8.40. The number of nitrogens with one attached hydrogen (secondary N) is 1. The van der Waals surface area contributed by atoms with Gasteiger partial charge in [-0.2, -0.15) is 0 Å². The Hall–Kier alpha value is -3.15. The van der Waals surface area contributed by atoms with Gasteiger partial charge in [-0.25, -0.2) is 4.79 Å². The van der Waals surface area contributed by atoms with Crippen LogP contribution in [0.15, 0.2) is 42.5 Å². The second-order valence-electron chi connectivity index (χ2n) is 5.46. The Morgan fingerprint density at radius 2 is 1.92 bits per heavy atom. The lowest BCUT2D eigenvalue weighted by molar-refractivity contribution is 0.0522. The smallest absolute Gasteiger partial charge is 0.356 e. The van der Waals surface area contributed by atoms with E-state index in [0.717, 1.165) is 5.56 Å². The molecule has 130 valence electrons. The van der Waals surface area contributed by atoms with E-state index in [0.29, 0.717) is 34.7 Å². The van der Waals surface area contributed by atoms with Crippen LogP contribution in [0.4, 0.5) is 5.69 Å². The highest BCUT2D eigenvalue weighted by atomic mass is 16.5. The van der Waals surface area contributed by atoms with Crippen molar-refractivity contribution in [1.29, 1.82) is 0 Å². The molecule has 0 unspecified atom stereocenters. The lowest BCUT2D eigenvalue weighted by atomic mass is 10.2. The van der Waals surface area contributed by atoms with Gasteiger partial charge in [0.2, 0.25) is 0 Å². The van der Waals surface area contributed by atoms with Crippen LogP contribution in [-0.4, -0.2) is 24.7 Å². The Morgan fingerprint density at radius 1 is 1.16 bits per heavy atom. The van der Waals surface area contributed by atoms with E-state index in [1.807, 2.05) is 30.3 Å². The molecular weight excluding hydrogens is 320 g/mol. The molecule has 0 aliphatic carbocycles. The molecule has 1 aromatic heterocycles. The minimum absolute atomic E-state index is 0.235. The molecule has 2 aromatic carbocycles. The fourth-order valence-corrected chi connectivity index (χ4v) is 2.59. The molecule has 3 N–H and O–H groups in total. The van der Waals surface area contributed by atoms with Gasteiger partial charge in [0.1, 0.15) is 12.3 Å². The summed E-state index contributed by atoms with van der Waals surface area (Å²) < 4.78 is 16.3. The van der Waals surface area contributed by atoms with Crippen LogP contribution in [0.2, 0.25) is 0 Å². The molecule has 0 aliphatic rings. The molecule has 0 saturated carbocycles. The van der Waals surface area contributed by atoms with Crippen molar-refractivity contribution in [2.24, 2.45) is 0 Å². The fraction of sp³-hybridized carbons (Fsp3) is 0.211. The number of nitrogen functional groups attached to an aromatic ring is 1.